The summed E-state index contributed by atoms with van der Waals surface area (Å²) in [6.07, 6.45) is 4.51. The van der Waals surface area contributed by atoms with Crippen LogP contribution in [0.25, 0.3) is 10.2 Å². The van der Waals surface area contributed by atoms with Gasteiger partial charge in [0.2, 0.25) is 0 Å². The Bertz CT molecular complexity index is 1130. The first-order chi connectivity index (χ1) is 15.6. The number of thiophene rings is 1. The van der Waals surface area contributed by atoms with Gasteiger partial charge in [-0.1, -0.05) is 6.92 Å². The van der Waals surface area contributed by atoms with E-state index in [4.69, 9.17) is 4.74 Å². The van der Waals surface area contributed by atoms with E-state index >= 15 is 0 Å². The number of hydrogen-bond acceptors (Lipinski definition) is 7. The molecular formula is C23H29N5O4S. The summed E-state index contributed by atoms with van der Waals surface area (Å²) >= 11 is 1.48. The summed E-state index contributed by atoms with van der Waals surface area (Å²) in [7, 11) is 0. The summed E-state index contributed by atoms with van der Waals surface area (Å²) in [6.45, 7) is 9.58. The first kappa shape index (κ1) is 24.4. The summed E-state index contributed by atoms with van der Waals surface area (Å²) in [6, 6.07) is 3.43. The Labute approximate surface area is 196 Å². The zero-order valence-corrected chi connectivity index (χ0v) is 20.3. The van der Waals surface area contributed by atoms with Crippen molar-refractivity contribution < 1.29 is 19.4 Å². The zero-order chi connectivity index (χ0) is 24.2. The van der Waals surface area contributed by atoms with E-state index in [0.717, 1.165) is 27.1 Å². The molecule has 10 heteroatoms. The third-order valence-electron chi connectivity index (χ3n) is 5.04. The molecule has 3 aromatic rings. The topological polar surface area (TPSA) is 118 Å². The minimum Gasteiger partial charge on any atom is -0.465 e. The molecule has 3 rings (SSSR count). The fourth-order valence-electron chi connectivity index (χ4n) is 3.35. The first-order valence-corrected chi connectivity index (χ1v) is 11.5. The van der Waals surface area contributed by atoms with E-state index < -0.39 is 17.8 Å². The standard InChI is InChI=1S/C23H29N5O4S/c1-6-16(26-21(29)32-23(3,4)5)11-18-14(2)19-20(33-18)17(12-25-27-19)28(22(30)31)13-15-7-9-24-10-8-15/h7-10,12,16H,6,11,13H2,1-5H3,(H,26,29)(H,30,31)/t16-/m0/s1. The third kappa shape index (κ3) is 6.16. The maximum Gasteiger partial charge on any atom is 0.412 e. The van der Waals surface area contributed by atoms with Crippen LogP contribution in [-0.4, -0.2) is 44.1 Å². The lowest BCUT2D eigenvalue weighted by Gasteiger charge is -2.23. The number of nitrogens with one attached hydrogen (secondary N) is 1. The van der Waals surface area contributed by atoms with Gasteiger partial charge >= 0.3 is 12.2 Å². The summed E-state index contributed by atoms with van der Waals surface area (Å²) < 4.78 is 6.14. The number of hydrogen-bond donors (Lipinski definition) is 2. The van der Waals surface area contributed by atoms with Crippen LogP contribution in [0.15, 0.2) is 30.7 Å². The lowest BCUT2D eigenvalue weighted by atomic mass is 10.1. The molecule has 9 nitrogen and oxygen atoms in total. The average molecular weight is 472 g/mol. The second kappa shape index (κ2) is 10.1. The van der Waals surface area contributed by atoms with Crippen LogP contribution in [0.5, 0.6) is 0 Å². The van der Waals surface area contributed by atoms with E-state index in [2.05, 4.69) is 20.5 Å². The van der Waals surface area contributed by atoms with Gasteiger partial charge in [-0.05, 0) is 57.4 Å². The molecule has 176 valence electrons. The number of rotatable bonds is 7. The summed E-state index contributed by atoms with van der Waals surface area (Å²) in [4.78, 5) is 30.6. The van der Waals surface area contributed by atoms with Crippen molar-refractivity contribution in [1.82, 2.24) is 20.5 Å². The molecule has 2 amide bonds. The molecule has 0 aliphatic carbocycles. The fraction of sp³-hybridized carbons (Fsp3) is 0.435. The second-order valence-electron chi connectivity index (χ2n) is 8.74. The Hall–Kier alpha value is -3.27. The van der Waals surface area contributed by atoms with Gasteiger partial charge < -0.3 is 15.2 Å². The van der Waals surface area contributed by atoms with Gasteiger partial charge in [-0.3, -0.25) is 9.88 Å². The van der Waals surface area contributed by atoms with E-state index in [1.807, 2.05) is 34.6 Å². The van der Waals surface area contributed by atoms with Gasteiger partial charge in [-0.15, -0.1) is 16.4 Å². The molecule has 0 unspecified atom stereocenters. The van der Waals surface area contributed by atoms with E-state index in [9.17, 15) is 14.7 Å². The van der Waals surface area contributed by atoms with Crippen LogP contribution in [-0.2, 0) is 17.7 Å². The number of carboxylic acid groups (broad SMARTS) is 1. The van der Waals surface area contributed by atoms with Gasteiger partial charge in [0.15, 0.2) is 0 Å². The van der Waals surface area contributed by atoms with Gasteiger partial charge in [0, 0.05) is 29.7 Å². The number of carbonyl (C=O) groups is 2. The highest BCUT2D eigenvalue weighted by molar-refractivity contribution is 7.19. The van der Waals surface area contributed by atoms with Crippen molar-refractivity contribution in [2.24, 2.45) is 0 Å². The number of pyridine rings is 1. The first-order valence-electron chi connectivity index (χ1n) is 10.7. The zero-order valence-electron chi connectivity index (χ0n) is 19.5. The molecule has 2 N–H and O–H groups in total. The van der Waals surface area contributed by atoms with E-state index in [-0.39, 0.29) is 12.6 Å². The smallest absolute Gasteiger partial charge is 0.412 e. The number of amides is 2. The number of fused-ring (bicyclic) bond motifs is 1. The maximum atomic E-state index is 12.2. The molecule has 0 aliphatic rings. The fourth-order valence-corrected chi connectivity index (χ4v) is 4.69. The lowest BCUT2D eigenvalue weighted by Crippen LogP contribution is -2.39. The molecule has 0 aliphatic heterocycles. The molecule has 0 fully saturated rings. The van der Waals surface area contributed by atoms with Crippen molar-refractivity contribution in [3.8, 4) is 0 Å². The molecule has 0 saturated carbocycles. The van der Waals surface area contributed by atoms with Crippen LogP contribution in [0.4, 0.5) is 15.3 Å². The highest BCUT2D eigenvalue weighted by atomic mass is 32.1. The Kier molecular flexibility index (Phi) is 7.47. The number of nitrogens with zero attached hydrogens (tertiary/aromatic N) is 4. The quantitative estimate of drug-likeness (QED) is 0.502. The number of anilines is 1. The normalized spacial score (nSPS) is 12.4. The molecule has 33 heavy (non-hydrogen) atoms. The van der Waals surface area contributed by atoms with Crippen molar-refractivity contribution in [3.05, 3.63) is 46.7 Å². The van der Waals surface area contributed by atoms with Gasteiger partial charge in [-0.2, -0.15) is 5.10 Å². The Morgan fingerprint density at radius 2 is 1.97 bits per heavy atom. The predicted molar refractivity (Wildman–Crippen MR) is 128 cm³/mol. The Morgan fingerprint density at radius 3 is 2.58 bits per heavy atom. The van der Waals surface area contributed by atoms with E-state index in [1.54, 1.807) is 24.5 Å². The number of alkyl carbamates (subject to hydrolysis) is 1. The van der Waals surface area contributed by atoms with Crippen LogP contribution >= 0.6 is 11.3 Å². The van der Waals surface area contributed by atoms with Gasteiger partial charge in [0.05, 0.1) is 23.1 Å². The molecule has 0 aromatic carbocycles. The van der Waals surface area contributed by atoms with Gasteiger partial charge in [0.25, 0.3) is 0 Å². The molecule has 0 bridgehead atoms. The SMILES string of the molecule is CC[C@@H](Cc1sc2c(N(Cc3ccncc3)C(=O)O)cnnc2c1C)NC(=O)OC(C)(C)C. The molecule has 0 spiro atoms. The largest absolute Gasteiger partial charge is 0.465 e. The number of aryl methyl sites for hydroxylation is 1. The average Bonchev–Trinajstić information content (AvgIpc) is 3.06. The Balaban J connectivity index is 1.90. The van der Waals surface area contributed by atoms with Crippen molar-refractivity contribution in [1.29, 1.82) is 0 Å². The van der Waals surface area contributed by atoms with Crippen LogP contribution in [0, 0.1) is 6.92 Å². The van der Waals surface area contributed by atoms with Crippen molar-refractivity contribution >= 4 is 39.4 Å². The summed E-state index contributed by atoms with van der Waals surface area (Å²) in [5, 5.41) is 21.2. The van der Waals surface area contributed by atoms with Gasteiger partial charge in [-0.25, -0.2) is 9.59 Å². The predicted octanol–water partition coefficient (Wildman–Crippen LogP) is 4.93. The second-order valence-corrected chi connectivity index (χ2v) is 9.84. The highest BCUT2D eigenvalue weighted by Gasteiger charge is 2.24. The van der Waals surface area contributed by atoms with Crippen LogP contribution in [0.1, 0.15) is 50.1 Å². The molecule has 3 heterocycles. The Morgan fingerprint density at radius 1 is 1.27 bits per heavy atom. The molecular weight excluding hydrogens is 442 g/mol. The van der Waals surface area contributed by atoms with Crippen molar-refractivity contribution in [2.75, 3.05) is 4.90 Å². The van der Waals surface area contributed by atoms with Crippen LogP contribution in [0.2, 0.25) is 0 Å². The molecule has 1 atom stereocenters. The number of ether oxygens (including phenoxy) is 1. The van der Waals surface area contributed by atoms with Crippen molar-refractivity contribution in [2.45, 2.75) is 65.6 Å². The van der Waals surface area contributed by atoms with Gasteiger partial charge in [0.1, 0.15) is 11.1 Å². The monoisotopic (exact) mass is 471 g/mol. The van der Waals surface area contributed by atoms with E-state index in [0.29, 0.717) is 17.6 Å². The lowest BCUT2D eigenvalue weighted by molar-refractivity contribution is 0.0503. The molecule has 3 aromatic heterocycles. The highest BCUT2D eigenvalue weighted by Crippen LogP contribution is 2.37. The van der Waals surface area contributed by atoms with Crippen LogP contribution in [0.3, 0.4) is 0 Å². The molecule has 0 radical (unpaired) electrons. The minimum atomic E-state index is -1.08. The minimum absolute atomic E-state index is 0.129. The summed E-state index contributed by atoms with van der Waals surface area (Å²) in [5.74, 6) is 0. The number of carbonyl (C=O) groups excluding carboxylic acids is 1. The molecule has 0 saturated heterocycles. The van der Waals surface area contributed by atoms with E-state index in [1.165, 1.54) is 22.4 Å². The van der Waals surface area contributed by atoms with Crippen molar-refractivity contribution in [3.63, 3.8) is 0 Å². The third-order valence-corrected chi connectivity index (χ3v) is 6.37. The number of aromatic nitrogens is 3. The maximum absolute atomic E-state index is 12.2. The van der Waals surface area contributed by atoms with Crippen LogP contribution < -0.4 is 10.2 Å². The summed E-state index contributed by atoms with van der Waals surface area (Å²) in [5.41, 5.74) is 2.33.